The van der Waals surface area contributed by atoms with Crippen LogP contribution in [-0.4, -0.2) is 34.4 Å². The third kappa shape index (κ3) is 3.47. The van der Waals surface area contributed by atoms with Crippen LogP contribution in [0.2, 0.25) is 0 Å². The number of carbonyl (C=O) groups excluding carboxylic acids is 2. The highest BCUT2D eigenvalue weighted by molar-refractivity contribution is 8.26. The molecule has 20 heavy (non-hydrogen) atoms. The van der Waals surface area contributed by atoms with E-state index in [0.29, 0.717) is 15.0 Å². The average Bonchev–Trinajstić information content (AvgIpc) is 2.99. The van der Waals surface area contributed by atoms with Gasteiger partial charge >= 0.3 is 5.97 Å². The van der Waals surface area contributed by atoms with Gasteiger partial charge < -0.3 is 9.15 Å². The van der Waals surface area contributed by atoms with Crippen molar-refractivity contribution < 1.29 is 18.7 Å². The minimum atomic E-state index is -0.448. The molecule has 1 amide bonds. The molecule has 1 aromatic rings. The monoisotopic (exact) mass is 312 g/mol. The lowest BCUT2D eigenvalue weighted by Crippen LogP contribution is -2.44. The molecule has 8 heteroatoms. The zero-order chi connectivity index (χ0) is 14.5. The Bertz CT molecular complexity index is 554. The molecule has 0 aliphatic carbocycles. The molecule has 1 aliphatic heterocycles. The Balaban J connectivity index is 2.00. The molecule has 0 unspecified atom stereocenters. The van der Waals surface area contributed by atoms with Gasteiger partial charge in [0.25, 0.3) is 5.91 Å². The number of hydrogen-bond donors (Lipinski definition) is 1. The normalized spacial score (nSPS) is 17.1. The summed E-state index contributed by atoms with van der Waals surface area (Å²) in [5, 5.41) is 1.16. The molecular weight excluding hydrogens is 300 g/mol. The van der Waals surface area contributed by atoms with Crippen LogP contribution >= 0.6 is 24.0 Å². The van der Waals surface area contributed by atoms with Gasteiger partial charge in [-0.25, -0.2) is 10.4 Å². The number of carbonyl (C=O) groups is 2. The molecule has 1 aliphatic rings. The highest BCUT2D eigenvalue weighted by Gasteiger charge is 2.32. The topological polar surface area (TPSA) is 71.8 Å². The van der Waals surface area contributed by atoms with Gasteiger partial charge in [0, 0.05) is 6.08 Å². The van der Waals surface area contributed by atoms with Gasteiger partial charge in [-0.1, -0.05) is 24.0 Å². The van der Waals surface area contributed by atoms with Crippen LogP contribution in [0.5, 0.6) is 0 Å². The van der Waals surface area contributed by atoms with E-state index in [1.54, 1.807) is 25.1 Å². The number of amides is 1. The number of ether oxygens (including phenoxy) is 1. The first-order valence-corrected chi connectivity index (χ1v) is 7.05. The number of furan rings is 1. The summed E-state index contributed by atoms with van der Waals surface area (Å²) in [6, 6.07) is 3.46. The molecule has 1 N–H and O–H groups in total. The lowest BCUT2D eigenvalue weighted by atomic mass is 10.4. The second-order valence-corrected chi connectivity index (χ2v) is 5.35. The van der Waals surface area contributed by atoms with Crippen LogP contribution in [-0.2, 0) is 14.3 Å². The van der Waals surface area contributed by atoms with E-state index in [4.69, 9.17) is 21.4 Å². The van der Waals surface area contributed by atoms with Crippen LogP contribution in [0, 0.1) is 0 Å². The van der Waals surface area contributed by atoms with Crippen molar-refractivity contribution >= 4 is 46.3 Å². The van der Waals surface area contributed by atoms with Crippen LogP contribution in [0.15, 0.2) is 27.7 Å². The van der Waals surface area contributed by atoms with Gasteiger partial charge in [-0.2, -0.15) is 0 Å². The van der Waals surface area contributed by atoms with E-state index in [1.807, 2.05) is 0 Å². The second kappa shape index (κ2) is 6.69. The van der Waals surface area contributed by atoms with Crippen molar-refractivity contribution in [2.75, 3.05) is 13.2 Å². The summed E-state index contributed by atoms with van der Waals surface area (Å²) in [4.78, 5) is 23.8. The number of esters is 1. The summed E-state index contributed by atoms with van der Waals surface area (Å²) in [5.74, 6) is -0.201. The Morgan fingerprint density at radius 1 is 1.65 bits per heavy atom. The summed E-state index contributed by atoms with van der Waals surface area (Å²) >= 11 is 6.23. The molecule has 1 saturated heterocycles. The average molecular weight is 312 g/mol. The van der Waals surface area contributed by atoms with E-state index in [0.717, 1.165) is 16.8 Å². The number of rotatable bonds is 5. The van der Waals surface area contributed by atoms with Crippen LogP contribution in [0.4, 0.5) is 0 Å². The number of nitrogens with one attached hydrogen (secondary N) is 1. The van der Waals surface area contributed by atoms with E-state index in [2.05, 4.69) is 5.43 Å². The molecule has 106 valence electrons. The van der Waals surface area contributed by atoms with E-state index >= 15 is 0 Å². The van der Waals surface area contributed by atoms with E-state index in [9.17, 15) is 9.59 Å². The summed E-state index contributed by atoms with van der Waals surface area (Å²) in [7, 11) is 0. The van der Waals surface area contributed by atoms with Gasteiger partial charge in [0.1, 0.15) is 12.3 Å². The summed E-state index contributed by atoms with van der Waals surface area (Å²) in [6.45, 7) is 1.88. The van der Waals surface area contributed by atoms with E-state index in [-0.39, 0.29) is 19.1 Å². The number of hydrogen-bond acceptors (Lipinski definition) is 7. The first-order chi connectivity index (χ1) is 9.61. The van der Waals surface area contributed by atoms with Crippen molar-refractivity contribution in [3.63, 3.8) is 0 Å². The second-order valence-electron chi connectivity index (χ2n) is 3.67. The molecule has 2 heterocycles. The Kier molecular flexibility index (Phi) is 4.94. The zero-order valence-electron chi connectivity index (χ0n) is 10.6. The largest absolute Gasteiger partial charge is 0.465 e. The molecule has 0 bridgehead atoms. The predicted octanol–water partition coefficient (Wildman–Crippen LogP) is 1.55. The molecule has 0 atom stereocenters. The Hall–Kier alpha value is -1.64. The predicted molar refractivity (Wildman–Crippen MR) is 78.4 cm³/mol. The fourth-order valence-electron chi connectivity index (χ4n) is 1.46. The molecule has 0 saturated carbocycles. The first-order valence-electron chi connectivity index (χ1n) is 5.82. The van der Waals surface area contributed by atoms with Crippen molar-refractivity contribution in [2.45, 2.75) is 6.92 Å². The van der Waals surface area contributed by atoms with Crippen LogP contribution in [0.25, 0.3) is 6.08 Å². The molecule has 1 fully saturated rings. The Morgan fingerprint density at radius 2 is 2.45 bits per heavy atom. The lowest BCUT2D eigenvalue weighted by molar-refractivity contribution is -0.143. The van der Waals surface area contributed by atoms with Gasteiger partial charge in [0.2, 0.25) is 0 Å². The quantitative estimate of drug-likeness (QED) is 0.502. The van der Waals surface area contributed by atoms with Gasteiger partial charge in [0.15, 0.2) is 4.32 Å². The minimum absolute atomic E-state index is 0.117. The molecule has 0 spiro atoms. The highest BCUT2D eigenvalue weighted by atomic mass is 32.2. The standard InChI is InChI=1S/C12H12N2O4S2/c1-2-17-10(15)7-13-14-11(16)9(20-12(14)19)6-8-4-3-5-18-8/h3-6,13H,2,7H2,1H3/b9-6+. The summed E-state index contributed by atoms with van der Waals surface area (Å²) in [6.07, 6.45) is 3.12. The fraction of sp³-hybridized carbons (Fsp3) is 0.250. The lowest BCUT2D eigenvalue weighted by Gasteiger charge is -2.14. The van der Waals surface area contributed by atoms with E-state index < -0.39 is 5.97 Å². The van der Waals surface area contributed by atoms with Crippen LogP contribution < -0.4 is 5.43 Å². The Labute approximate surface area is 125 Å². The number of thiocarbonyl (C=S) groups is 1. The first kappa shape index (κ1) is 14.8. The fourth-order valence-corrected chi connectivity index (χ4v) is 2.66. The highest BCUT2D eigenvalue weighted by Crippen LogP contribution is 2.31. The zero-order valence-corrected chi connectivity index (χ0v) is 12.3. The van der Waals surface area contributed by atoms with Crippen molar-refractivity contribution in [1.82, 2.24) is 10.4 Å². The minimum Gasteiger partial charge on any atom is -0.465 e. The maximum Gasteiger partial charge on any atom is 0.321 e. The molecule has 1 aromatic heterocycles. The van der Waals surface area contributed by atoms with Crippen molar-refractivity contribution in [2.24, 2.45) is 0 Å². The number of hydrazine groups is 1. The maximum atomic E-state index is 12.1. The van der Waals surface area contributed by atoms with E-state index in [1.165, 1.54) is 6.26 Å². The maximum absolute atomic E-state index is 12.1. The van der Waals surface area contributed by atoms with Gasteiger partial charge in [0.05, 0.1) is 17.8 Å². The van der Waals surface area contributed by atoms with Crippen molar-refractivity contribution in [3.8, 4) is 0 Å². The van der Waals surface area contributed by atoms with Crippen molar-refractivity contribution in [3.05, 3.63) is 29.1 Å². The van der Waals surface area contributed by atoms with Crippen molar-refractivity contribution in [1.29, 1.82) is 0 Å². The smallest absolute Gasteiger partial charge is 0.321 e. The third-order valence-electron chi connectivity index (χ3n) is 2.30. The molecule has 2 rings (SSSR count). The molecule has 0 radical (unpaired) electrons. The molecule has 0 aromatic carbocycles. The van der Waals surface area contributed by atoms with Crippen LogP contribution in [0.1, 0.15) is 12.7 Å². The summed E-state index contributed by atoms with van der Waals surface area (Å²) in [5.41, 5.74) is 2.65. The number of thioether (sulfide) groups is 1. The van der Waals surface area contributed by atoms with Gasteiger partial charge in [-0.05, 0) is 19.1 Å². The molecular formula is C12H12N2O4S2. The molecule has 6 nitrogen and oxygen atoms in total. The SMILES string of the molecule is CCOC(=O)CNN1C(=O)/C(=C\c2ccco2)SC1=S. The van der Waals surface area contributed by atoms with Gasteiger partial charge in [-0.3, -0.25) is 9.59 Å². The third-order valence-corrected chi connectivity index (χ3v) is 3.60. The number of nitrogens with zero attached hydrogens (tertiary/aromatic N) is 1. The van der Waals surface area contributed by atoms with Crippen LogP contribution in [0.3, 0.4) is 0 Å². The Morgan fingerprint density at radius 3 is 3.10 bits per heavy atom. The summed E-state index contributed by atoms with van der Waals surface area (Å²) < 4.78 is 10.2. The van der Waals surface area contributed by atoms with Gasteiger partial charge in [-0.15, -0.1) is 0 Å².